The number of phenols is 4. The first-order valence-electron chi connectivity index (χ1n) is 17.2. The van der Waals surface area contributed by atoms with Crippen LogP contribution < -0.4 is 14.2 Å². The third-order valence-electron chi connectivity index (χ3n) is 9.99. The molecule has 272 valence electrons. The molecule has 5 aromatic carbocycles. The first-order valence-corrected chi connectivity index (χ1v) is 17.2. The monoisotopic (exact) mass is 708 g/mol. The molecular weight excluding hydrogens is 664 g/mol. The largest absolute Gasteiger partial charge is 0.508 e. The Morgan fingerprint density at radius 1 is 0.692 bits per heavy atom. The van der Waals surface area contributed by atoms with Crippen molar-refractivity contribution in [2.24, 2.45) is 17.3 Å². The predicted octanol–water partition coefficient (Wildman–Crippen LogP) is 8.79. The van der Waals surface area contributed by atoms with Crippen molar-refractivity contribution in [1.29, 1.82) is 0 Å². The fraction of sp³-hybridized carbons (Fsp3) is 0.310. The first kappa shape index (κ1) is 37.5. The molecule has 52 heavy (non-hydrogen) atoms. The highest BCUT2D eigenvalue weighted by Gasteiger charge is 2.32. The van der Waals surface area contributed by atoms with Crippen molar-refractivity contribution < 1.29 is 49.0 Å². The van der Waals surface area contributed by atoms with Gasteiger partial charge in [-0.15, -0.1) is 0 Å². The molecule has 0 amide bonds. The second-order valence-electron chi connectivity index (χ2n) is 14.1. The molecule has 0 saturated heterocycles. The zero-order valence-corrected chi connectivity index (χ0v) is 30.3. The smallest absolute Gasteiger partial charge is 0.316 e. The number of hydrogen-bond acceptors (Lipinski definition) is 10. The fourth-order valence-electron chi connectivity index (χ4n) is 5.69. The minimum Gasteiger partial charge on any atom is -0.508 e. The number of rotatable bonds is 3. The number of hydrogen-bond donors (Lipinski definition) is 4. The van der Waals surface area contributed by atoms with Gasteiger partial charge in [-0.2, -0.15) is 0 Å². The molecule has 2 heterocycles. The molecular formula is C42H44O10. The Labute approximate surface area is 302 Å². The van der Waals surface area contributed by atoms with Crippen LogP contribution in [0, 0.1) is 17.3 Å². The summed E-state index contributed by atoms with van der Waals surface area (Å²) in [7, 11) is 0. The summed E-state index contributed by atoms with van der Waals surface area (Å²) in [5, 5.41) is 41.2. The zero-order valence-electron chi connectivity index (χ0n) is 30.3. The lowest BCUT2D eigenvalue weighted by Crippen LogP contribution is -2.33. The van der Waals surface area contributed by atoms with Crippen LogP contribution in [0.1, 0.15) is 76.7 Å². The van der Waals surface area contributed by atoms with Crippen LogP contribution in [0.5, 0.6) is 40.2 Å². The molecule has 0 bridgehead atoms. The van der Waals surface area contributed by atoms with E-state index in [1.165, 1.54) is 30.3 Å². The SMILES string of the molecule is CC1C(=O)Oc2cc(O)ccc2C1C.CC1Oc2cc(O)ccc2C(=O)C1C.CCC(C)(C)C(=O)Oc1ccc2cc3cc(O)c(O)cc3cc2c1. The van der Waals surface area contributed by atoms with Gasteiger partial charge in [0.05, 0.1) is 22.8 Å². The molecule has 0 spiro atoms. The molecule has 4 N–H and O–H groups in total. The van der Waals surface area contributed by atoms with Crippen molar-refractivity contribution in [3.8, 4) is 40.2 Å². The number of benzene rings is 5. The number of carbonyl (C=O) groups is 3. The molecule has 10 heteroatoms. The Morgan fingerprint density at radius 2 is 1.27 bits per heavy atom. The van der Waals surface area contributed by atoms with Gasteiger partial charge in [0.2, 0.25) is 0 Å². The topological polar surface area (TPSA) is 160 Å². The number of esters is 2. The van der Waals surface area contributed by atoms with Gasteiger partial charge in [-0.3, -0.25) is 14.4 Å². The predicted molar refractivity (Wildman–Crippen MR) is 198 cm³/mol. The summed E-state index contributed by atoms with van der Waals surface area (Å²) >= 11 is 0. The number of ether oxygens (including phenoxy) is 3. The Kier molecular flexibility index (Phi) is 10.7. The molecule has 0 aromatic heterocycles. The minimum absolute atomic E-state index is 0.0822. The molecule has 2 aliphatic rings. The van der Waals surface area contributed by atoms with Gasteiger partial charge < -0.3 is 34.6 Å². The molecule has 4 unspecified atom stereocenters. The van der Waals surface area contributed by atoms with E-state index in [0.717, 1.165) is 27.1 Å². The zero-order chi connectivity index (χ0) is 38.1. The van der Waals surface area contributed by atoms with E-state index in [4.69, 9.17) is 14.2 Å². The summed E-state index contributed by atoms with van der Waals surface area (Å²) in [5.74, 6) is 0.922. The Hall–Kier alpha value is -5.77. The third-order valence-corrected chi connectivity index (χ3v) is 9.99. The van der Waals surface area contributed by atoms with Gasteiger partial charge in [0.25, 0.3) is 0 Å². The highest BCUT2D eigenvalue weighted by atomic mass is 16.5. The number of Topliss-reactive ketones (excluding diaryl/α,β-unsaturated/α-hetero) is 1. The molecule has 0 radical (unpaired) electrons. The van der Waals surface area contributed by atoms with Crippen molar-refractivity contribution in [3.05, 3.63) is 90.0 Å². The summed E-state index contributed by atoms with van der Waals surface area (Å²) < 4.78 is 16.1. The van der Waals surface area contributed by atoms with Gasteiger partial charge in [-0.25, -0.2) is 0 Å². The lowest BCUT2D eigenvalue weighted by atomic mass is 9.86. The quantitative estimate of drug-likeness (QED) is 0.0617. The number of fused-ring (bicyclic) bond motifs is 4. The molecule has 0 fully saturated rings. The van der Waals surface area contributed by atoms with Crippen LogP contribution in [0.3, 0.4) is 0 Å². The Morgan fingerprint density at radius 3 is 1.90 bits per heavy atom. The van der Waals surface area contributed by atoms with E-state index in [1.807, 2.05) is 72.7 Å². The molecule has 10 nitrogen and oxygen atoms in total. The Balaban J connectivity index is 0.000000160. The van der Waals surface area contributed by atoms with Crippen LogP contribution in [0.15, 0.2) is 78.9 Å². The van der Waals surface area contributed by atoms with Crippen molar-refractivity contribution in [1.82, 2.24) is 0 Å². The van der Waals surface area contributed by atoms with Crippen LogP contribution >= 0.6 is 0 Å². The minimum atomic E-state index is -0.526. The summed E-state index contributed by atoms with van der Waals surface area (Å²) in [4.78, 5) is 35.4. The van der Waals surface area contributed by atoms with Crippen LogP contribution in [-0.2, 0) is 9.59 Å². The van der Waals surface area contributed by atoms with Crippen molar-refractivity contribution in [3.63, 3.8) is 0 Å². The molecule has 0 aliphatic carbocycles. The lowest BCUT2D eigenvalue weighted by molar-refractivity contribution is -0.144. The van der Waals surface area contributed by atoms with E-state index in [1.54, 1.807) is 24.3 Å². The van der Waals surface area contributed by atoms with Gasteiger partial charge in [0.1, 0.15) is 34.9 Å². The van der Waals surface area contributed by atoms with Gasteiger partial charge in [-0.05, 0) is 115 Å². The van der Waals surface area contributed by atoms with Crippen LogP contribution in [-0.4, -0.2) is 44.3 Å². The van der Waals surface area contributed by atoms with Gasteiger partial charge in [0, 0.05) is 12.1 Å². The van der Waals surface area contributed by atoms with E-state index >= 15 is 0 Å². The summed E-state index contributed by atoms with van der Waals surface area (Å²) in [6.45, 7) is 13.2. The standard InChI is InChI=1S/C20H20O4.2C11H12O3/c1-4-20(2,3)19(23)24-16-6-5-12-7-14-10-17(21)18(22)11-15(14)8-13(12)9-16;1-6-7(2)14-10-5-8(12)3-4-9(10)11(6)13;1-6-7(2)11(13)14-10-5-8(12)3-4-9(6)10/h5-11,21-22H,4H2,1-3H3;2*3-7,12H,1-2H3. The number of phenolic OH excluding ortho intramolecular Hbond substituents is 4. The second-order valence-corrected chi connectivity index (χ2v) is 14.1. The summed E-state index contributed by atoms with van der Waals surface area (Å²) in [5.41, 5.74) is 1.02. The second kappa shape index (κ2) is 14.8. The van der Waals surface area contributed by atoms with Crippen LogP contribution in [0.4, 0.5) is 0 Å². The average molecular weight is 709 g/mol. The van der Waals surface area contributed by atoms with E-state index in [9.17, 15) is 34.8 Å². The molecule has 5 aromatic rings. The maximum Gasteiger partial charge on any atom is 0.316 e. The molecule has 2 aliphatic heterocycles. The lowest BCUT2D eigenvalue weighted by Gasteiger charge is -2.27. The normalized spacial score (nSPS) is 19.1. The van der Waals surface area contributed by atoms with Gasteiger partial charge in [0.15, 0.2) is 17.3 Å². The van der Waals surface area contributed by atoms with Crippen LogP contribution in [0.2, 0.25) is 0 Å². The maximum atomic E-state index is 12.2. The van der Waals surface area contributed by atoms with Crippen molar-refractivity contribution in [2.75, 3.05) is 0 Å². The number of ketones is 1. The highest BCUT2D eigenvalue weighted by Crippen LogP contribution is 2.39. The van der Waals surface area contributed by atoms with Gasteiger partial charge >= 0.3 is 11.9 Å². The fourth-order valence-corrected chi connectivity index (χ4v) is 5.69. The van der Waals surface area contributed by atoms with E-state index < -0.39 is 5.41 Å². The van der Waals surface area contributed by atoms with E-state index in [0.29, 0.717) is 29.2 Å². The summed E-state index contributed by atoms with van der Waals surface area (Å²) in [6.07, 6.45) is 0.573. The highest BCUT2D eigenvalue weighted by molar-refractivity contribution is 6.02. The summed E-state index contributed by atoms with van der Waals surface area (Å²) in [6, 6.07) is 21.8. The maximum absolute atomic E-state index is 12.2. The number of carbonyl (C=O) groups excluding carboxylic acids is 3. The molecule has 4 atom stereocenters. The van der Waals surface area contributed by atoms with Gasteiger partial charge in [-0.1, -0.05) is 39.8 Å². The molecule has 7 rings (SSSR count). The third kappa shape index (κ3) is 7.91. The Bertz CT molecular complexity index is 2170. The average Bonchev–Trinajstić information content (AvgIpc) is 3.10. The first-order chi connectivity index (χ1) is 24.5. The van der Waals surface area contributed by atoms with E-state index in [2.05, 4.69) is 0 Å². The van der Waals surface area contributed by atoms with Crippen LogP contribution in [0.25, 0.3) is 21.5 Å². The molecule has 0 saturated carbocycles. The number of aromatic hydroxyl groups is 4. The van der Waals surface area contributed by atoms with Crippen molar-refractivity contribution in [2.45, 2.75) is 66.9 Å². The van der Waals surface area contributed by atoms with E-state index in [-0.39, 0.29) is 64.6 Å². The van der Waals surface area contributed by atoms with Crippen molar-refractivity contribution >= 4 is 39.3 Å².